The average Bonchev–Trinajstić information content (AvgIpc) is 2.09. The molecule has 0 aliphatic carbocycles. The summed E-state index contributed by atoms with van der Waals surface area (Å²) in [6, 6.07) is 0. The Labute approximate surface area is 116 Å². The molecule has 0 spiro atoms. The molecule has 118 valence electrons. The Morgan fingerprint density at radius 1 is 1.25 bits per heavy atom. The molecule has 0 amide bonds. The van der Waals surface area contributed by atoms with E-state index in [4.69, 9.17) is 9.47 Å². The van der Waals surface area contributed by atoms with Crippen LogP contribution in [0.1, 0.15) is 47.5 Å². The van der Waals surface area contributed by atoms with Crippen molar-refractivity contribution in [3.05, 3.63) is 0 Å². The molecule has 1 heterocycles. The summed E-state index contributed by atoms with van der Waals surface area (Å²) in [7, 11) is 0. The van der Waals surface area contributed by atoms with Crippen LogP contribution in [0.15, 0.2) is 0 Å². The molecule has 0 aromatic carbocycles. The summed E-state index contributed by atoms with van der Waals surface area (Å²) in [5.41, 5.74) is -2.71. The maximum absolute atomic E-state index is 13.0. The van der Waals surface area contributed by atoms with Crippen molar-refractivity contribution >= 4 is 5.97 Å². The maximum atomic E-state index is 13.0. The number of hydrogen-bond acceptors (Lipinski definition) is 4. The van der Waals surface area contributed by atoms with Gasteiger partial charge in [0.15, 0.2) is 0 Å². The minimum absolute atomic E-state index is 0.0663. The molecule has 1 N–H and O–H groups in total. The van der Waals surface area contributed by atoms with Crippen LogP contribution in [0.2, 0.25) is 0 Å². The van der Waals surface area contributed by atoms with Gasteiger partial charge >= 0.3 is 12.1 Å². The molecule has 0 bridgehead atoms. The third kappa shape index (κ3) is 3.63. The van der Waals surface area contributed by atoms with Gasteiger partial charge in [0, 0.05) is 6.42 Å². The predicted octanol–water partition coefficient (Wildman–Crippen LogP) is 2.78. The van der Waals surface area contributed by atoms with Crippen molar-refractivity contribution in [1.82, 2.24) is 0 Å². The summed E-state index contributed by atoms with van der Waals surface area (Å²) < 4.78 is 49.0. The van der Waals surface area contributed by atoms with E-state index in [0.717, 1.165) is 0 Å². The van der Waals surface area contributed by atoms with Gasteiger partial charge in [-0.15, -0.1) is 0 Å². The first-order valence-corrected chi connectivity index (χ1v) is 6.42. The smallest absolute Gasteiger partial charge is 0.443 e. The number of esters is 1. The Balaban J connectivity index is 3.07. The van der Waals surface area contributed by atoms with Crippen LogP contribution in [0.25, 0.3) is 0 Å². The van der Waals surface area contributed by atoms with E-state index in [9.17, 15) is 23.1 Å². The minimum atomic E-state index is -4.96. The first-order chi connectivity index (χ1) is 8.70. The third-order valence-electron chi connectivity index (χ3n) is 3.12. The van der Waals surface area contributed by atoms with Crippen LogP contribution in [-0.2, 0) is 14.3 Å². The number of carbonyl (C=O) groups excluding carboxylic acids is 1. The highest BCUT2D eigenvalue weighted by molar-refractivity contribution is 5.72. The molecule has 4 nitrogen and oxygen atoms in total. The van der Waals surface area contributed by atoms with E-state index in [1.807, 2.05) is 0 Å². The molecule has 20 heavy (non-hydrogen) atoms. The molecule has 7 heteroatoms. The molecule has 2 unspecified atom stereocenters. The molecule has 1 aliphatic rings. The van der Waals surface area contributed by atoms with Gasteiger partial charge in [-0.2, -0.15) is 13.2 Å². The van der Waals surface area contributed by atoms with Crippen LogP contribution in [0, 0.1) is 5.92 Å². The van der Waals surface area contributed by atoms with E-state index in [2.05, 4.69) is 0 Å². The van der Waals surface area contributed by atoms with Gasteiger partial charge in [-0.05, 0) is 20.8 Å². The lowest BCUT2D eigenvalue weighted by Crippen LogP contribution is -2.62. The zero-order valence-electron chi connectivity index (χ0n) is 12.3. The molecule has 0 aromatic rings. The van der Waals surface area contributed by atoms with Gasteiger partial charge in [0.05, 0.1) is 17.9 Å². The van der Waals surface area contributed by atoms with E-state index in [-0.39, 0.29) is 6.42 Å². The topological polar surface area (TPSA) is 55.8 Å². The molecular formula is C13H21F3O4. The van der Waals surface area contributed by atoms with Crippen LogP contribution < -0.4 is 0 Å². The van der Waals surface area contributed by atoms with Gasteiger partial charge in [-0.1, -0.05) is 13.8 Å². The van der Waals surface area contributed by atoms with Crippen LogP contribution in [0.3, 0.4) is 0 Å². The van der Waals surface area contributed by atoms with Crippen molar-refractivity contribution in [2.75, 3.05) is 0 Å². The van der Waals surface area contributed by atoms with Gasteiger partial charge in [0.1, 0.15) is 5.60 Å². The maximum Gasteiger partial charge on any atom is 0.443 e. The fourth-order valence-corrected chi connectivity index (χ4v) is 2.59. The molecule has 0 radical (unpaired) electrons. The molecule has 1 fully saturated rings. The quantitative estimate of drug-likeness (QED) is 0.796. The largest absolute Gasteiger partial charge is 0.459 e. The lowest BCUT2D eigenvalue weighted by molar-refractivity contribution is -0.419. The second kappa shape index (κ2) is 4.87. The van der Waals surface area contributed by atoms with Gasteiger partial charge in [-0.3, -0.25) is 4.79 Å². The summed E-state index contributed by atoms with van der Waals surface area (Å²) in [4.78, 5) is 11.7. The number of rotatable bonds is 2. The Kier molecular flexibility index (Phi) is 4.20. The SMILES string of the molecule is CC(C)C(=O)OC1(C)CC(C)(C)OC(O)(C(F)(F)F)C1. The Morgan fingerprint density at radius 2 is 1.75 bits per heavy atom. The summed E-state index contributed by atoms with van der Waals surface area (Å²) >= 11 is 0. The zero-order chi connectivity index (χ0) is 16.0. The number of hydrogen-bond donors (Lipinski definition) is 1. The lowest BCUT2D eigenvalue weighted by Gasteiger charge is -2.50. The Bertz CT molecular complexity index is 392. The van der Waals surface area contributed by atoms with Gasteiger partial charge in [-0.25, -0.2) is 0 Å². The average molecular weight is 298 g/mol. The zero-order valence-corrected chi connectivity index (χ0v) is 12.3. The number of alkyl halides is 3. The molecule has 0 saturated carbocycles. The van der Waals surface area contributed by atoms with Crippen molar-refractivity contribution in [3.8, 4) is 0 Å². The van der Waals surface area contributed by atoms with E-state index in [1.54, 1.807) is 13.8 Å². The lowest BCUT2D eigenvalue weighted by atomic mass is 9.81. The standard InChI is InChI=1S/C13H21F3O4/c1-8(2)9(17)19-11(5)6-10(3,4)20-12(18,7-11)13(14,15)16/h8,18H,6-7H2,1-5H3. The van der Waals surface area contributed by atoms with E-state index in [1.165, 1.54) is 20.8 Å². The highest BCUT2D eigenvalue weighted by Gasteiger charge is 2.64. The summed E-state index contributed by atoms with van der Waals surface area (Å²) in [5, 5.41) is 9.79. The second-order valence-electron chi connectivity index (χ2n) is 6.52. The van der Waals surface area contributed by atoms with Gasteiger partial charge in [0.2, 0.25) is 0 Å². The van der Waals surface area contributed by atoms with E-state index < -0.39 is 41.5 Å². The molecule has 1 rings (SSSR count). The first kappa shape index (κ1) is 17.2. The third-order valence-corrected chi connectivity index (χ3v) is 3.12. The number of ether oxygens (including phenoxy) is 2. The van der Waals surface area contributed by atoms with Crippen LogP contribution in [0.5, 0.6) is 0 Å². The molecule has 1 saturated heterocycles. The second-order valence-corrected chi connectivity index (χ2v) is 6.52. The Hall–Kier alpha value is -0.820. The number of carbonyl (C=O) groups is 1. The van der Waals surface area contributed by atoms with Crippen LogP contribution in [0.4, 0.5) is 13.2 Å². The van der Waals surface area contributed by atoms with Crippen molar-refractivity contribution in [2.45, 2.75) is 70.6 Å². The van der Waals surface area contributed by atoms with E-state index in [0.29, 0.717) is 0 Å². The summed E-state index contributed by atoms with van der Waals surface area (Å²) in [6.07, 6.45) is -5.74. The molecular weight excluding hydrogens is 277 g/mol. The number of halogens is 3. The molecule has 2 atom stereocenters. The molecule has 0 aromatic heterocycles. The van der Waals surface area contributed by atoms with Crippen molar-refractivity contribution in [2.24, 2.45) is 5.92 Å². The Morgan fingerprint density at radius 3 is 2.15 bits per heavy atom. The molecule has 1 aliphatic heterocycles. The fraction of sp³-hybridized carbons (Fsp3) is 0.923. The summed E-state index contributed by atoms with van der Waals surface area (Å²) in [5.74, 6) is -4.38. The van der Waals surface area contributed by atoms with Crippen molar-refractivity contribution in [1.29, 1.82) is 0 Å². The highest BCUT2D eigenvalue weighted by Crippen LogP contribution is 2.48. The normalized spacial score (nSPS) is 34.1. The fourth-order valence-electron chi connectivity index (χ4n) is 2.59. The monoisotopic (exact) mass is 298 g/mol. The van der Waals surface area contributed by atoms with E-state index >= 15 is 0 Å². The van der Waals surface area contributed by atoms with Gasteiger partial charge in [0.25, 0.3) is 5.79 Å². The number of aliphatic hydroxyl groups is 1. The van der Waals surface area contributed by atoms with Crippen LogP contribution in [-0.4, -0.2) is 34.2 Å². The van der Waals surface area contributed by atoms with Crippen LogP contribution >= 0.6 is 0 Å². The highest BCUT2D eigenvalue weighted by atomic mass is 19.4. The van der Waals surface area contributed by atoms with Crippen molar-refractivity contribution in [3.63, 3.8) is 0 Å². The minimum Gasteiger partial charge on any atom is -0.459 e. The van der Waals surface area contributed by atoms with Crippen molar-refractivity contribution < 1.29 is 32.5 Å². The first-order valence-electron chi connectivity index (χ1n) is 6.42. The predicted molar refractivity (Wildman–Crippen MR) is 64.7 cm³/mol. The summed E-state index contributed by atoms with van der Waals surface area (Å²) in [6.45, 7) is 7.40. The van der Waals surface area contributed by atoms with Gasteiger partial charge < -0.3 is 14.6 Å².